The Kier molecular flexibility index (Phi) is 8.07. The Balaban J connectivity index is 2.79. The van der Waals surface area contributed by atoms with Gasteiger partial charge in [-0.3, -0.25) is 0 Å². The molecule has 0 radical (unpaired) electrons. The maximum Gasteiger partial charge on any atom is 0.315 e. The predicted molar refractivity (Wildman–Crippen MR) is 119 cm³/mol. The summed E-state index contributed by atoms with van der Waals surface area (Å²) in [6, 6.07) is 11.7. The Hall–Kier alpha value is -0.0325. The molecule has 25 heavy (non-hydrogen) atoms. The zero-order valence-electron chi connectivity index (χ0n) is 17.7. The molecule has 0 aliphatic rings. The first-order chi connectivity index (χ1) is 11.2. The van der Waals surface area contributed by atoms with Crippen LogP contribution in [0.5, 0.6) is 0 Å². The van der Waals surface area contributed by atoms with Crippen molar-refractivity contribution in [2.75, 3.05) is 0 Å². The fraction of sp³-hybridized carbons (Fsp3) is 0.667. The van der Waals surface area contributed by atoms with Crippen LogP contribution in [0.15, 0.2) is 30.3 Å². The van der Waals surface area contributed by atoms with Gasteiger partial charge in [0.2, 0.25) is 0 Å². The third kappa shape index (κ3) is 10.6. The third-order valence-corrected chi connectivity index (χ3v) is 17.0. The Morgan fingerprint density at radius 1 is 0.680 bits per heavy atom. The molecule has 1 unspecified atom stereocenters. The maximum atomic E-state index is 6.72. The van der Waals surface area contributed by atoms with E-state index in [0.717, 1.165) is 18.9 Å². The van der Waals surface area contributed by atoms with E-state index in [1.54, 1.807) is 0 Å². The van der Waals surface area contributed by atoms with Crippen molar-refractivity contribution in [2.45, 2.75) is 77.8 Å². The molecule has 0 aliphatic heterocycles. The molecule has 0 bridgehead atoms. The smallest absolute Gasteiger partial charge is 0.315 e. The first-order valence-corrected chi connectivity index (χ1v) is 21.5. The van der Waals surface area contributed by atoms with Gasteiger partial charge in [-0.2, -0.15) is 0 Å². The van der Waals surface area contributed by atoms with Gasteiger partial charge in [-0.15, -0.1) is 0 Å². The molecule has 0 spiro atoms. The van der Waals surface area contributed by atoms with E-state index < -0.39 is 33.8 Å². The van der Waals surface area contributed by atoms with Crippen molar-refractivity contribution >= 4 is 33.8 Å². The van der Waals surface area contributed by atoms with Crippen LogP contribution < -0.4 is 0 Å². The Morgan fingerprint density at radius 3 is 1.68 bits per heavy atom. The summed E-state index contributed by atoms with van der Waals surface area (Å²) in [7, 11) is -7.72. The fourth-order valence-electron chi connectivity index (χ4n) is 3.31. The highest BCUT2D eigenvalue weighted by Gasteiger charge is 2.44. The lowest BCUT2D eigenvalue weighted by Gasteiger charge is -2.41. The molecule has 0 aliphatic carbocycles. The highest BCUT2D eigenvalue weighted by Crippen LogP contribution is 2.28. The summed E-state index contributed by atoms with van der Waals surface area (Å²) in [6.45, 7) is 20.1. The van der Waals surface area contributed by atoms with Crippen molar-refractivity contribution in [1.29, 1.82) is 0 Å². The lowest BCUT2D eigenvalue weighted by atomic mass is 10.1. The van der Waals surface area contributed by atoms with Crippen molar-refractivity contribution in [3.8, 4) is 0 Å². The van der Waals surface area contributed by atoms with Crippen molar-refractivity contribution in [3.63, 3.8) is 0 Å². The molecule has 1 rings (SSSR count). The van der Waals surface area contributed by atoms with Gasteiger partial charge in [-0.05, 0) is 83.4 Å². The van der Waals surface area contributed by atoms with Crippen molar-refractivity contribution in [1.82, 2.24) is 0 Å². The molecule has 0 saturated carbocycles. The number of benzene rings is 1. The first kappa shape index (κ1) is 23.0. The summed E-state index contributed by atoms with van der Waals surface area (Å²) in [4.78, 5) is 0. The van der Waals surface area contributed by atoms with Crippen LogP contribution >= 0.6 is 0 Å². The quantitative estimate of drug-likeness (QED) is 0.432. The van der Waals surface area contributed by atoms with Crippen LogP contribution in [-0.4, -0.2) is 33.8 Å². The SMILES string of the molecule is C[Si](C)(C)O[Si](C)(C)O[Si](C)(CCCc1ccccc1)O[Si](C)(C)C. The molecule has 3 nitrogen and oxygen atoms in total. The van der Waals surface area contributed by atoms with Crippen molar-refractivity contribution in [2.24, 2.45) is 0 Å². The van der Waals surface area contributed by atoms with Crippen LogP contribution in [0.3, 0.4) is 0 Å². The lowest BCUT2D eigenvalue weighted by molar-refractivity contribution is 0.322. The third-order valence-electron chi connectivity index (χ3n) is 3.47. The normalized spacial score (nSPS) is 15.9. The molecule has 0 aromatic heterocycles. The van der Waals surface area contributed by atoms with Crippen LogP contribution in [0.4, 0.5) is 0 Å². The molecule has 0 heterocycles. The molecular weight excluding hydrogens is 377 g/mol. The van der Waals surface area contributed by atoms with Crippen molar-refractivity contribution in [3.05, 3.63) is 35.9 Å². The highest BCUT2D eigenvalue weighted by atomic mass is 28.5. The minimum atomic E-state index is -2.25. The van der Waals surface area contributed by atoms with Crippen LogP contribution in [0, 0.1) is 0 Å². The highest BCUT2D eigenvalue weighted by molar-refractivity contribution is 6.89. The maximum absolute atomic E-state index is 6.72. The molecule has 7 heteroatoms. The van der Waals surface area contributed by atoms with Gasteiger partial charge in [0.05, 0.1) is 0 Å². The van der Waals surface area contributed by atoms with E-state index in [0.29, 0.717) is 0 Å². The van der Waals surface area contributed by atoms with E-state index in [9.17, 15) is 0 Å². The van der Waals surface area contributed by atoms with Gasteiger partial charge in [-0.25, -0.2) is 0 Å². The second-order valence-electron chi connectivity index (χ2n) is 9.40. The molecular formula is C18H38O3Si4. The molecule has 0 saturated heterocycles. The summed E-state index contributed by atoms with van der Waals surface area (Å²) in [5.41, 5.74) is 1.39. The Bertz CT molecular complexity index is 523. The van der Waals surface area contributed by atoms with E-state index in [1.165, 1.54) is 5.56 Å². The molecule has 0 fully saturated rings. The minimum Gasteiger partial charge on any atom is -0.437 e. The molecule has 0 amide bonds. The van der Waals surface area contributed by atoms with Gasteiger partial charge in [-0.1, -0.05) is 30.3 Å². The van der Waals surface area contributed by atoms with Gasteiger partial charge in [0, 0.05) is 0 Å². The Morgan fingerprint density at radius 2 is 1.20 bits per heavy atom. The van der Waals surface area contributed by atoms with Crippen LogP contribution in [0.25, 0.3) is 0 Å². The second-order valence-corrected chi connectivity index (χ2v) is 25.9. The summed E-state index contributed by atoms with van der Waals surface area (Å²) in [5.74, 6) is 0. The molecule has 1 aromatic carbocycles. The topological polar surface area (TPSA) is 27.7 Å². The van der Waals surface area contributed by atoms with Crippen LogP contribution in [-0.2, 0) is 18.8 Å². The van der Waals surface area contributed by atoms with E-state index in [1.807, 2.05) is 0 Å². The zero-order valence-corrected chi connectivity index (χ0v) is 21.7. The molecule has 1 atom stereocenters. The second kappa shape index (κ2) is 8.77. The van der Waals surface area contributed by atoms with Gasteiger partial charge >= 0.3 is 17.1 Å². The standard InChI is InChI=1S/C18H38O3Si4/c1-22(2,3)19-24(7,8)21-25(9,20-23(4,5)6)17-13-16-18-14-11-10-12-15-18/h10-12,14-15H,13,16-17H2,1-9H3. The van der Waals surface area contributed by atoms with Crippen molar-refractivity contribution < 1.29 is 12.3 Å². The summed E-state index contributed by atoms with van der Waals surface area (Å²) < 4.78 is 19.8. The average Bonchev–Trinajstić information content (AvgIpc) is 2.33. The largest absolute Gasteiger partial charge is 0.437 e. The lowest BCUT2D eigenvalue weighted by Crippen LogP contribution is -2.56. The van der Waals surface area contributed by atoms with E-state index in [-0.39, 0.29) is 0 Å². The zero-order chi connectivity index (χ0) is 19.4. The fourth-order valence-corrected chi connectivity index (χ4v) is 21.3. The summed E-state index contributed by atoms with van der Waals surface area (Å²) >= 11 is 0. The summed E-state index contributed by atoms with van der Waals surface area (Å²) in [6.07, 6.45) is 2.19. The van der Waals surface area contributed by atoms with Gasteiger partial charge < -0.3 is 12.3 Å². The van der Waals surface area contributed by atoms with E-state index in [4.69, 9.17) is 12.3 Å². The summed E-state index contributed by atoms with van der Waals surface area (Å²) in [5, 5.41) is 0. The van der Waals surface area contributed by atoms with E-state index >= 15 is 0 Å². The van der Waals surface area contributed by atoms with Crippen LogP contribution in [0.1, 0.15) is 12.0 Å². The van der Waals surface area contributed by atoms with Gasteiger partial charge in [0.25, 0.3) is 0 Å². The molecule has 144 valence electrons. The van der Waals surface area contributed by atoms with Gasteiger partial charge in [0.1, 0.15) is 0 Å². The average molecular weight is 415 g/mol. The number of hydrogen-bond acceptors (Lipinski definition) is 3. The molecule has 0 N–H and O–H groups in total. The predicted octanol–water partition coefficient (Wildman–Crippen LogP) is 6.11. The molecule has 1 aromatic rings. The first-order valence-electron chi connectivity index (χ1n) is 9.34. The van der Waals surface area contributed by atoms with Gasteiger partial charge in [0.15, 0.2) is 16.6 Å². The number of hydrogen-bond donors (Lipinski definition) is 0. The Labute approximate surface area is 159 Å². The minimum absolute atomic E-state index is 1.03. The number of aryl methyl sites for hydroxylation is 1. The number of rotatable bonds is 10. The van der Waals surface area contributed by atoms with Crippen LogP contribution in [0.2, 0.25) is 65.0 Å². The monoisotopic (exact) mass is 414 g/mol. The van der Waals surface area contributed by atoms with E-state index in [2.05, 4.69) is 89.3 Å².